The third-order valence-corrected chi connectivity index (χ3v) is 6.09. The van der Waals surface area contributed by atoms with E-state index in [9.17, 15) is 13.6 Å². The molecule has 0 spiro atoms. The van der Waals surface area contributed by atoms with Crippen LogP contribution in [-0.2, 0) is 0 Å². The van der Waals surface area contributed by atoms with Gasteiger partial charge in [0.1, 0.15) is 5.65 Å². The molecule has 0 bridgehead atoms. The lowest BCUT2D eigenvalue weighted by Crippen LogP contribution is -2.29. The van der Waals surface area contributed by atoms with E-state index in [1.165, 1.54) is 6.20 Å². The maximum atomic E-state index is 14.0. The van der Waals surface area contributed by atoms with Gasteiger partial charge in [0, 0.05) is 41.7 Å². The molecule has 0 unspecified atom stereocenters. The third-order valence-electron chi connectivity index (χ3n) is 6.09. The van der Waals surface area contributed by atoms with Gasteiger partial charge < -0.3 is 15.6 Å². The quantitative estimate of drug-likeness (QED) is 0.323. The molecule has 0 radical (unpaired) electrons. The first kappa shape index (κ1) is 21.1. The summed E-state index contributed by atoms with van der Waals surface area (Å²) in [5.41, 5.74) is 3.78. The molecule has 3 N–H and O–H groups in total. The first-order chi connectivity index (χ1) is 17.0. The molecule has 0 aliphatic heterocycles. The van der Waals surface area contributed by atoms with Crippen LogP contribution in [-0.4, -0.2) is 47.9 Å². The first-order valence-corrected chi connectivity index (χ1v) is 11.1. The number of H-pyrrole nitrogens is 1. The van der Waals surface area contributed by atoms with Gasteiger partial charge in [-0.3, -0.25) is 9.78 Å². The van der Waals surface area contributed by atoms with Crippen molar-refractivity contribution in [3.8, 4) is 11.1 Å². The van der Waals surface area contributed by atoms with Gasteiger partial charge in [-0.05, 0) is 42.7 Å². The van der Waals surface area contributed by atoms with E-state index in [0.717, 1.165) is 16.5 Å². The molecule has 9 nitrogen and oxygen atoms in total. The minimum absolute atomic E-state index is 0.145. The van der Waals surface area contributed by atoms with Crippen LogP contribution in [0.4, 0.5) is 20.4 Å². The van der Waals surface area contributed by atoms with Gasteiger partial charge in [-0.2, -0.15) is 10.1 Å². The van der Waals surface area contributed by atoms with Gasteiger partial charge in [-0.15, -0.1) is 0 Å². The van der Waals surface area contributed by atoms with Gasteiger partial charge in [0.25, 0.3) is 11.8 Å². The van der Waals surface area contributed by atoms with E-state index >= 15 is 0 Å². The largest absolute Gasteiger partial charge is 0.348 e. The summed E-state index contributed by atoms with van der Waals surface area (Å²) in [6.45, 7) is -0.488. The van der Waals surface area contributed by atoms with Gasteiger partial charge in [-0.25, -0.2) is 18.3 Å². The highest BCUT2D eigenvalue weighted by Crippen LogP contribution is 2.43. The van der Waals surface area contributed by atoms with Crippen LogP contribution in [0.25, 0.3) is 27.7 Å². The summed E-state index contributed by atoms with van der Waals surface area (Å²) < 4.78 is 29.6. The van der Waals surface area contributed by atoms with Crippen LogP contribution in [0.3, 0.4) is 0 Å². The van der Waals surface area contributed by atoms with Crippen molar-refractivity contribution in [3.63, 3.8) is 0 Å². The lowest BCUT2D eigenvalue weighted by molar-refractivity contribution is -0.00832. The smallest absolute Gasteiger partial charge is 0.267 e. The van der Waals surface area contributed by atoms with Crippen molar-refractivity contribution in [3.05, 3.63) is 67.0 Å². The molecule has 0 saturated heterocycles. The van der Waals surface area contributed by atoms with E-state index in [1.807, 2.05) is 12.1 Å². The summed E-state index contributed by atoms with van der Waals surface area (Å²) >= 11 is 0. The molecule has 176 valence electrons. The Balaban J connectivity index is 1.27. The number of nitrogens with one attached hydrogen (secondary N) is 3. The zero-order valence-electron chi connectivity index (χ0n) is 18.4. The molecule has 1 aliphatic rings. The molecule has 1 fully saturated rings. The maximum Gasteiger partial charge on any atom is 0.267 e. The Bertz CT molecular complexity index is 1540. The summed E-state index contributed by atoms with van der Waals surface area (Å²) in [6.07, 6.45) is 11.0. The molecule has 5 aromatic rings. The maximum absolute atomic E-state index is 14.0. The van der Waals surface area contributed by atoms with Crippen molar-refractivity contribution in [2.45, 2.75) is 18.8 Å². The molecular formula is C24H20F2N8O. The van der Waals surface area contributed by atoms with Crippen LogP contribution in [0.15, 0.2) is 61.4 Å². The van der Waals surface area contributed by atoms with Crippen LogP contribution < -0.4 is 10.6 Å². The Labute approximate surface area is 197 Å². The number of hydrogen-bond acceptors (Lipinski definition) is 6. The fraction of sp³-hybridized carbons (Fsp3) is 0.208. The van der Waals surface area contributed by atoms with E-state index in [2.05, 4.69) is 35.7 Å². The van der Waals surface area contributed by atoms with Crippen molar-refractivity contribution < 1.29 is 13.6 Å². The predicted octanol–water partition coefficient (Wildman–Crippen LogP) is 4.38. The number of amides is 1. The fourth-order valence-electron chi connectivity index (χ4n) is 4.04. The Morgan fingerprint density at radius 2 is 2.11 bits per heavy atom. The number of hydrogen-bond donors (Lipinski definition) is 3. The number of rotatable bonds is 7. The number of pyridine rings is 2. The number of aromatic nitrogens is 6. The summed E-state index contributed by atoms with van der Waals surface area (Å²) in [7, 11) is 0. The van der Waals surface area contributed by atoms with Gasteiger partial charge in [-0.1, -0.05) is 0 Å². The van der Waals surface area contributed by atoms with E-state index in [4.69, 9.17) is 0 Å². The van der Waals surface area contributed by atoms with Crippen molar-refractivity contribution in [1.82, 2.24) is 29.5 Å². The van der Waals surface area contributed by atoms with Gasteiger partial charge in [0.2, 0.25) is 5.95 Å². The molecule has 1 saturated carbocycles. The lowest BCUT2D eigenvalue weighted by atomic mass is 10.1. The Morgan fingerprint density at radius 3 is 2.91 bits per heavy atom. The van der Waals surface area contributed by atoms with Gasteiger partial charge >= 0.3 is 0 Å². The molecular weight excluding hydrogens is 454 g/mol. The van der Waals surface area contributed by atoms with E-state index < -0.39 is 18.4 Å². The van der Waals surface area contributed by atoms with Crippen molar-refractivity contribution in [2.75, 3.05) is 17.2 Å². The summed E-state index contributed by atoms with van der Waals surface area (Å²) in [4.78, 5) is 28.5. The van der Waals surface area contributed by atoms with Crippen LogP contribution in [0.5, 0.6) is 0 Å². The van der Waals surface area contributed by atoms with E-state index in [-0.39, 0.29) is 11.9 Å². The third kappa shape index (κ3) is 4.05. The average Bonchev–Trinajstić information content (AvgIpc) is 3.53. The second-order valence-corrected chi connectivity index (χ2v) is 8.55. The zero-order valence-corrected chi connectivity index (χ0v) is 18.4. The molecule has 35 heavy (non-hydrogen) atoms. The normalized spacial score (nSPS) is 13.9. The minimum Gasteiger partial charge on any atom is -0.348 e. The number of fused-ring (bicyclic) bond motifs is 2. The van der Waals surface area contributed by atoms with Crippen LogP contribution in [0.2, 0.25) is 0 Å². The SMILES string of the molecule is O=C(Nc1cccnc1)c1cnn2ccc(-c3c[nH]c4nc(NCC(F)(F)C5CC5)ncc34)cc12. The molecule has 1 amide bonds. The molecule has 6 rings (SSSR count). The highest BCUT2D eigenvalue weighted by atomic mass is 19.3. The fourth-order valence-corrected chi connectivity index (χ4v) is 4.04. The Morgan fingerprint density at radius 1 is 1.23 bits per heavy atom. The Hall–Kier alpha value is -4.41. The van der Waals surface area contributed by atoms with Crippen LogP contribution >= 0.6 is 0 Å². The number of carbonyl (C=O) groups excluding carboxylic acids is 1. The number of alkyl halides is 2. The monoisotopic (exact) mass is 474 g/mol. The Kier molecular flexibility index (Phi) is 4.90. The van der Waals surface area contributed by atoms with Crippen molar-refractivity contribution >= 4 is 34.1 Å². The lowest BCUT2D eigenvalue weighted by Gasteiger charge is -2.15. The molecule has 5 aromatic heterocycles. The summed E-state index contributed by atoms with van der Waals surface area (Å²) in [6, 6.07) is 7.22. The second-order valence-electron chi connectivity index (χ2n) is 8.55. The number of carbonyl (C=O) groups is 1. The first-order valence-electron chi connectivity index (χ1n) is 11.1. The molecule has 0 aromatic carbocycles. The van der Waals surface area contributed by atoms with Crippen LogP contribution in [0, 0.1) is 5.92 Å². The standard InChI is InChI=1S/C24H20F2N8O/c25-24(26,15-3-4-15)13-30-23-29-11-18-17(10-28-21(18)33-23)14-5-7-34-20(8-14)19(12-31-34)22(35)32-16-2-1-6-27-9-16/h1-2,5-12,15H,3-4,13H2,(H,32,35)(H2,28,29,30,33). The van der Waals surface area contributed by atoms with Gasteiger partial charge in [0.05, 0.1) is 35.7 Å². The number of anilines is 2. The van der Waals surface area contributed by atoms with Gasteiger partial charge in [0.15, 0.2) is 0 Å². The van der Waals surface area contributed by atoms with Crippen molar-refractivity contribution in [2.24, 2.45) is 5.92 Å². The predicted molar refractivity (Wildman–Crippen MR) is 126 cm³/mol. The molecule has 0 atom stereocenters. The molecule has 5 heterocycles. The van der Waals surface area contributed by atoms with Crippen LogP contribution in [0.1, 0.15) is 23.2 Å². The summed E-state index contributed by atoms with van der Waals surface area (Å²) in [5.74, 6) is -3.47. The summed E-state index contributed by atoms with van der Waals surface area (Å²) in [5, 5.41) is 10.5. The average molecular weight is 474 g/mol. The highest BCUT2D eigenvalue weighted by molar-refractivity contribution is 6.09. The van der Waals surface area contributed by atoms with E-state index in [0.29, 0.717) is 35.3 Å². The minimum atomic E-state index is -2.76. The molecule has 11 heteroatoms. The highest BCUT2D eigenvalue weighted by Gasteiger charge is 2.46. The number of aromatic amines is 1. The molecule has 1 aliphatic carbocycles. The van der Waals surface area contributed by atoms with Crippen molar-refractivity contribution in [1.29, 1.82) is 0 Å². The number of halogens is 2. The zero-order chi connectivity index (χ0) is 24.0. The second kappa shape index (κ2) is 8.12. The van der Waals surface area contributed by atoms with E-state index in [1.54, 1.807) is 47.6 Å². The number of nitrogens with zero attached hydrogens (tertiary/aromatic N) is 5. The topological polar surface area (TPSA) is 113 Å².